The summed E-state index contributed by atoms with van der Waals surface area (Å²) >= 11 is 1.74. The normalized spacial score (nSPS) is 22.9. The Morgan fingerprint density at radius 2 is 2.30 bits per heavy atom. The van der Waals surface area contributed by atoms with E-state index in [1.165, 1.54) is 0 Å². The maximum absolute atomic E-state index is 12.5. The van der Waals surface area contributed by atoms with Gasteiger partial charge in [-0.1, -0.05) is 12.1 Å². The standard InChI is InChI=1S/C15H21NO3S/c1-11-7-16(8-14(9-17)19-11)15(18)13-5-3-4-12(6-13)10-20-2/h3-6,11,14,17H,7-10H2,1-2H3. The van der Waals surface area contributed by atoms with Gasteiger partial charge in [-0.25, -0.2) is 0 Å². The van der Waals surface area contributed by atoms with Gasteiger partial charge in [0.05, 0.1) is 18.8 Å². The second-order valence-electron chi connectivity index (χ2n) is 5.09. The number of carbonyl (C=O) groups excluding carboxylic acids is 1. The molecule has 1 fully saturated rings. The first-order chi connectivity index (χ1) is 9.63. The van der Waals surface area contributed by atoms with Gasteiger partial charge in [0, 0.05) is 24.4 Å². The largest absolute Gasteiger partial charge is 0.394 e. The molecule has 2 rings (SSSR count). The van der Waals surface area contributed by atoms with Crippen molar-refractivity contribution in [2.75, 3.05) is 26.0 Å². The Balaban J connectivity index is 2.11. The van der Waals surface area contributed by atoms with Gasteiger partial charge in [0.15, 0.2) is 0 Å². The summed E-state index contributed by atoms with van der Waals surface area (Å²) in [6.45, 7) is 2.89. The number of amides is 1. The number of morpholine rings is 1. The molecule has 0 radical (unpaired) electrons. The Morgan fingerprint density at radius 3 is 3.00 bits per heavy atom. The number of nitrogens with zero attached hydrogens (tertiary/aromatic N) is 1. The van der Waals surface area contributed by atoms with Crippen LogP contribution in [0.25, 0.3) is 0 Å². The summed E-state index contributed by atoms with van der Waals surface area (Å²) in [5.74, 6) is 0.918. The van der Waals surface area contributed by atoms with Crippen LogP contribution in [0, 0.1) is 0 Å². The molecule has 20 heavy (non-hydrogen) atoms. The molecule has 1 heterocycles. The molecule has 0 aromatic heterocycles. The summed E-state index contributed by atoms with van der Waals surface area (Å²) < 4.78 is 5.57. The van der Waals surface area contributed by atoms with Crippen molar-refractivity contribution in [3.63, 3.8) is 0 Å². The van der Waals surface area contributed by atoms with E-state index >= 15 is 0 Å². The summed E-state index contributed by atoms with van der Waals surface area (Å²) in [7, 11) is 0. The van der Waals surface area contributed by atoms with Crippen molar-refractivity contribution >= 4 is 17.7 Å². The third kappa shape index (κ3) is 3.75. The number of hydrogen-bond acceptors (Lipinski definition) is 4. The van der Waals surface area contributed by atoms with Crippen LogP contribution in [0.4, 0.5) is 0 Å². The van der Waals surface area contributed by atoms with E-state index in [1.54, 1.807) is 16.7 Å². The van der Waals surface area contributed by atoms with Gasteiger partial charge < -0.3 is 14.7 Å². The number of thioether (sulfide) groups is 1. The zero-order chi connectivity index (χ0) is 14.5. The lowest BCUT2D eigenvalue weighted by atomic mass is 10.1. The van der Waals surface area contributed by atoms with Gasteiger partial charge in [0.1, 0.15) is 0 Å². The van der Waals surface area contributed by atoms with Gasteiger partial charge in [-0.05, 0) is 30.9 Å². The molecule has 5 heteroatoms. The number of aliphatic hydroxyl groups is 1. The third-order valence-electron chi connectivity index (χ3n) is 3.30. The summed E-state index contributed by atoms with van der Waals surface area (Å²) in [4.78, 5) is 14.3. The average molecular weight is 295 g/mol. The molecular weight excluding hydrogens is 274 g/mol. The molecule has 1 amide bonds. The van der Waals surface area contributed by atoms with Crippen LogP contribution in [0.2, 0.25) is 0 Å². The van der Waals surface area contributed by atoms with Gasteiger partial charge in [-0.2, -0.15) is 11.8 Å². The Kier molecular flexibility index (Phi) is 5.46. The van der Waals surface area contributed by atoms with Gasteiger partial charge in [0.25, 0.3) is 5.91 Å². The number of hydrogen-bond donors (Lipinski definition) is 1. The van der Waals surface area contributed by atoms with Crippen molar-refractivity contribution in [2.24, 2.45) is 0 Å². The van der Waals surface area contributed by atoms with Crippen LogP contribution in [-0.2, 0) is 10.5 Å². The Labute approximate surface area is 124 Å². The maximum Gasteiger partial charge on any atom is 0.254 e. The van der Waals surface area contributed by atoms with Gasteiger partial charge in [-0.3, -0.25) is 4.79 Å². The van der Waals surface area contributed by atoms with Gasteiger partial charge >= 0.3 is 0 Å². The predicted octanol–water partition coefficient (Wildman–Crippen LogP) is 1.77. The number of rotatable bonds is 4. The number of aliphatic hydroxyl groups excluding tert-OH is 1. The molecule has 0 bridgehead atoms. The second-order valence-corrected chi connectivity index (χ2v) is 5.96. The molecule has 1 aliphatic rings. The Hall–Kier alpha value is -1.04. The fourth-order valence-corrected chi connectivity index (χ4v) is 2.97. The van der Waals surface area contributed by atoms with E-state index in [2.05, 4.69) is 0 Å². The zero-order valence-electron chi connectivity index (χ0n) is 11.9. The molecule has 1 aliphatic heterocycles. The van der Waals surface area contributed by atoms with Crippen molar-refractivity contribution < 1.29 is 14.6 Å². The minimum absolute atomic E-state index is 0.0153. The lowest BCUT2D eigenvalue weighted by Crippen LogP contribution is -2.50. The molecule has 0 saturated carbocycles. The fourth-order valence-electron chi connectivity index (χ4n) is 2.46. The SMILES string of the molecule is CSCc1cccc(C(=O)N2CC(C)OC(CO)C2)c1. The minimum atomic E-state index is -0.280. The van der Waals surface area contributed by atoms with Crippen molar-refractivity contribution in [3.8, 4) is 0 Å². The van der Waals surface area contributed by atoms with Crippen molar-refractivity contribution in [1.82, 2.24) is 4.90 Å². The van der Waals surface area contributed by atoms with Crippen LogP contribution in [0.15, 0.2) is 24.3 Å². The molecule has 2 unspecified atom stereocenters. The van der Waals surface area contributed by atoms with Gasteiger partial charge in [-0.15, -0.1) is 0 Å². The molecule has 2 atom stereocenters. The summed E-state index contributed by atoms with van der Waals surface area (Å²) in [5.41, 5.74) is 1.87. The highest BCUT2D eigenvalue weighted by molar-refractivity contribution is 7.97. The predicted molar refractivity (Wildman–Crippen MR) is 81.0 cm³/mol. The first kappa shape index (κ1) is 15.4. The molecule has 4 nitrogen and oxygen atoms in total. The molecule has 0 aliphatic carbocycles. The highest BCUT2D eigenvalue weighted by Gasteiger charge is 2.28. The van der Waals surface area contributed by atoms with E-state index in [9.17, 15) is 9.90 Å². The second kappa shape index (κ2) is 7.11. The van der Waals surface area contributed by atoms with Crippen molar-refractivity contribution in [2.45, 2.75) is 24.9 Å². The first-order valence-corrected chi connectivity index (χ1v) is 8.17. The van der Waals surface area contributed by atoms with E-state index in [0.29, 0.717) is 18.7 Å². The van der Waals surface area contributed by atoms with Crippen LogP contribution in [-0.4, -0.2) is 54.1 Å². The van der Waals surface area contributed by atoms with Crippen LogP contribution >= 0.6 is 11.8 Å². The Morgan fingerprint density at radius 1 is 1.50 bits per heavy atom. The molecular formula is C15H21NO3S. The maximum atomic E-state index is 12.5. The monoisotopic (exact) mass is 295 g/mol. The van der Waals surface area contributed by atoms with Crippen molar-refractivity contribution in [3.05, 3.63) is 35.4 Å². The van der Waals surface area contributed by atoms with Crippen LogP contribution in [0.5, 0.6) is 0 Å². The van der Waals surface area contributed by atoms with E-state index < -0.39 is 0 Å². The molecule has 1 N–H and O–H groups in total. The van der Waals surface area contributed by atoms with E-state index in [1.807, 2.05) is 37.4 Å². The zero-order valence-corrected chi connectivity index (χ0v) is 12.7. The lowest BCUT2D eigenvalue weighted by molar-refractivity contribution is -0.0858. The number of ether oxygens (including phenoxy) is 1. The summed E-state index contributed by atoms with van der Waals surface area (Å²) in [5, 5.41) is 9.23. The average Bonchev–Trinajstić information content (AvgIpc) is 2.46. The quantitative estimate of drug-likeness (QED) is 0.920. The van der Waals surface area contributed by atoms with E-state index in [-0.39, 0.29) is 24.7 Å². The molecule has 1 aromatic rings. The highest BCUT2D eigenvalue weighted by Crippen LogP contribution is 2.17. The van der Waals surface area contributed by atoms with Crippen molar-refractivity contribution in [1.29, 1.82) is 0 Å². The fraction of sp³-hybridized carbons (Fsp3) is 0.533. The first-order valence-electron chi connectivity index (χ1n) is 6.77. The molecule has 110 valence electrons. The summed E-state index contributed by atoms with van der Waals surface area (Å²) in [6.07, 6.45) is 1.72. The third-order valence-corrected chi connectivity index (χ3v) is 3.92. The number of carbonyl (C=O) groups is 1. The minimum Gasteiger partial charge on any atom is -0.394 e. The molecule has 1 aromatic carbocycles. The highest BCUT2D eigenvalue weighted by atomic mass is 32.2. The van der Waals surface area contributed by atoms with E-state index in [0.717, 1.165) is 11.3 Å². The molecule has 1 saturated heterocycles. The van der Waals surface area contributed by atoms with Crippen LogP contribution < -0.4 is 0 Å². The van der Waals surface area contributed by atoms with Crippen LogP contribution in [0.3, 0.4) is 0 Å². The van der Waals surface area contributed by atoms with E-state index in [4.69, 9.17) is 4.74 Å². The van der Waals surface area contributed by atoms with Crippen LogP contribution in [0.1, 0.15) is 22.8 Å². The smallest absolute Gasteiger partial charge is 0.254 e. The molecule has 0 spiro atoms. The topological polar surface area (TPSA) is 49.8 Å². The Bertz CT molecular complexity index is 466. The lowest BCUT2D eigenvalue weighted by Gasteiger charge is -2.36. The number of benzene rings is 1. The van der Waals surface area contributed by atoms with Gasteiger partial charge in [0.2, 0.25) is 0 Å². The summed E-state index contributed by atoms with van der Waals surface area (Å²) in [6, 6.07) is 7.76.